The normalized spacial score (nSPS) is 9.69. The fourth-order valence-electron chi connectivity index (χ4n) is 1.05. The van der Waals surface area contributed by atoms with Crippen LogP contribution in [0.3, 0.4) is 0 Å². The zero-order chi connectivity index (χ0) is 9.68. The molecule has 1 rings (SSSR count). The summed E-state index contributed by atoms with van der Waals surface area (Å²) in [7, 11) is 0. The molecule has 0 aromatic heterocycles. The third kappa shape index (κ3) is 3.99. The Labute approximate surface area is 83.8 Å². The van der Waals surface area contributed by atoms with Crippen molar-refractivity contribution in [2.75, 3.05) is 6.54 Å². The molecule has 1 N–H and O–H groups in total. The summed E-state index contributed by atoms with van der Waals surface area (Å²) in [5.41, 5.74) is 1.21. The van der Waals surface area contributed by atoms with E-state index < -0.39 is 0 Å². The van der Waals surface area contributed by atoms with Crippen LogP contribution in [0.1, 0.15) is 12.5 Å². The summed E-state index contributed by atoms with van der Waals surface area (Å²) < 4.78 is 0. The maximum absolute atomic E-state index is 10.6. The van der Waals surface area contributed by atoms with E-state index in [-0.39, 0.29) is 5.91 Å². The molecule has 1 aromatic carbocycles. The molecule has 0 aliphatic rings. The van der Waals surface area contributed by atoms with Gasteiger partial charge in [-0.25, -0.2) is 0 Å². The molecule has 0 heterocycles. The van der Waals surface area contributed by atoms with Crippen LogP contribution in [0.5, 0.6) is 0 Å². The van der Waals surface area contributed by atoms with Crippen molar-refractivity contribution in [2.45, 2.75) is 18.2 Å². The number of rotatable bonds is 3. The van der Waals surface area contributed by atoms with E-state index in [1.165, 1.54) is 12.5 Å². The average molecular weight is 195 g/mol. The molecule has 0 spiro atoms. The molecule has 0 aliphatic carbocycles. The third-order valence-corrected chi connectivity index (χ3v) is 2.02. The highest BCUT2D eigenvalue weighted by Crippen LogP contribution is 2.07. The lowest BCUT2D eigenvalue weighted by Gasteiger charge is -2.02. The van der Waals surface area contributed by atoms with Crippen LogP contribution in [-0.2, 0) is 11.2 Å². The molecule has 1 amide bonds. The molecule has 0 bridgehead atoms. The molecule has 0 atom stereocenters. The molecular weight excluding hydrogens is 182 g/mol. The summed E-state index contributed by atoms with van der Waals surface area (Å²) in [6.45, 7) is 2.22. The maximum atomic E-state index is 10.6. The quantitative estimate of drug-likeness (QED) is 0.706. The summed E-state index contributed by atoms with van der Waals surface area (Å²) in [4.78, 5) is 11.5. The van der Waals surface area contributed by atoms with Crippen molar-refractivity contribution in [3.63, 3.8) is 0 Å². The Morgan fingerprint density at radius 3 is 2.54 bits per heavy atom. The first-order chi connectivity index (χ1) is 6.18. The SMILES string of the molecule is CC(=O)NCCc1ccc(S)cc1. The number of carbonyl (C=O) groups excluding carboxylic acids is 1. The minimum atomic E-state index is 0.0193. The third-order valence-electron chi connectivity index (χ3n) is 1.72. The van der Waals surface area contributed by atoms with Crippen LogP contribution >= 0.6 is 12.6 Å². The van der Waals surface area contributed by atoms with Gasteiger partial charge in [-0.1, -0.05) is 12.1 Å². The number of amides is 1. The van der Waals surface area contributed by atoms with Crippen molar-refractivity contribution in [1.29, 1.82) is 0 Å². The number of hydrogen-bond acceptors (Lipinski definition) is 2. The second-order valence-corrected chi connectivity index (χ2v) is 3.42. The van der Waals surface area contributed by atoms with Crippen LogP contribution in [0, 0.1) is 0 Å². The Hall–Kier alpha value is -0.960. The summed E-state index contributed by atoms with van der Waals surface area (Å²) in [6.07, 6.45) is 0.869. The number of thiol groups is 1. The standard InChI is InChI=1S/C10H13NOS/c1-8(12)11-7-6-9-2-4-10(13)5-3-9/h2-5,13H,6-7H2,1H3,(H,11,12). The Kier molecular flexibility index (Phi) is 3.83. The van der Waals surface area contributed by atoms with Crippen molar-refractivity contribution in [1.82, 2.24) is 5.32 Å². The molecule has 2 nitrogen and oxygen atoms in total. The molecule has 13 heavy (non-hydrogen) atoms. The molecule has 0 aliphatic heterocycles. The fourth-order valence-corrected chi connectivity index (χ4v) is 1.19. The lowest BCUT2D eigenvalue weighted by molar-refractivity contribution is -0.118. The number of benzene rings is 1. The molecule has 70 valence electrons. The predicted molar refractivity (Wildman–Crippen MR) is 56.1 cm³/mol. The average Bonchev–Trinajstić information content (AvgIpc) is 2.08. The van der Waals surface area contributed by atoms with Gasteiger partial charge < -0.3 is 5.32 Å². The van der Waals surface area contributed by atoms with Crippen molar-refractivity contribution < 1.29 is 4.79 Å². The first-order valence-electron chi connectivity index (χ1n) is 4.21. The smallest absolute Gasteiger partial charge is 0.216 e. The maximum Gasteiger partial charge on any atom is 0.216 e. The van der Waals surface area contributed by atoms with Gasteiger partial charge in [-0.15, -0.1) is 12.6 Å². The van der Waals surface area contributed by atoms with Gasteiger partial charge in [0.25, 0.3) is 0 Å². The van der Waals surface area contributed by atoms with E-state index in [1.54, 1.807) is 0 Å². The largest absolute Gasteiger partial charge is 0.356 e. The van der Waals surface area contributed by atoms with Crippen molar-refractivity contribution >= 4 is 18.5 Å². The molecule has 0 unspecified atom stereocenters. The fraction of sp³-hybridized carbons (Fsp3) is 0.300. The van der Waals surface area contributed by atoms with Crippen molar-refractivity contribution in [3.05, 3.63) is 29.8 Å². The first kappa shape index (κ1) is 10.1. The van der Waals surface area contributed by atoms with Gasteiger partial charge in [0.05, 0.1) is 0 Å². The first-order valence-corrected chi connectivity index (χ1v) is 4.65. The van der Waals surface area contributed by atoms with E-state index in [9.17, 15) is 4.79 Å². The van der Waals surface area contributed by atoms with Crippen LogP contribution < -0.4 is 5.32 Å². The van der Waals surface area contributed by atoms with Crippen LogP contribution in [-0.4, -0.2) is 12.5 Å². The molecule has 3 heteroatoms. The molecule has 0 radical (unpaired) electrons. The van der Waals surface area contributed by atoms with Gasteiger partial charge in [0.15, 0.2) is 0 Å². The zero-order valence-corrected chi connectivity index (χ0v) is 8.47. The van der Waals surface area contributed by atoms with Gasteiger partial charge in [0, 0.05) is 18.4 Å². The van der Waals surface area contributed by atoms with Gasteiger partial charge >= 0.3 is 0 Å². The van der Waals surface area contributed by atoms with Gasteiger partial charge in [0.2, 0.25) is 5.91 Å². The molecule has 1 aromatic rings. The Morgan fingerprint density at radius 2 is 2.00 bits per heavy atom. The van der Waals surface area contributed by atoms with Crippen LogP contribution in [0.15, 0.2) is 29.2 Å². The number of hydrogen-bond donors (Lipinski definition) is 2. The molecular formula is C10H13NOS. The van der Waals surface area contributed by atoms with Crippen LogP contribution in [0.25, 0.3) is 0 Å². The van der Waals surface area contributed by atoms with E-state index in [4.69, 9.17) is 0 Å². The number of nitrogens with one attached hydrogen (secondary N) is 1. The van der Waals surface area contributed by atoms with Gasteiger partial charge in [-0.05, 0) is 24.1 Å². The molecule has 0 saturated carbocycles. The van der Waals surface area contributed by atoms with Gasteiger partial charge in [-0.2, -0.15) is 0 Å². The van der Waals surface area contributed by atoms with Crippen molar-refractivity contribution in [2.24, 2.45) is 0 Å². The van der Waals surface area contributed by atoms with E-state index in [0.29, 0.717) is 6.54 Å². The van der Waals surface area contributed by atoms with E-state index >= 15 is 0 Å². The van der Waals surface area contributed by atoms with E-state index in [0.717, 1.165) is 11.3 Å². The Morgan fingerprint density at radius 1 is 1.38 bits per heavy atom. The minimum absolute atomic E-state index is 0.0193. The van der Waals surface area contributed by atoms with Crippen LogP contribution in [0.4, 0.5) is 0 Å². The highest BCUT2D eigenvalue weighted by Gasteiger charge is 1.93. The topological polar surface area (TPSA) is 29.1 Å². The summed E-state index contributed by atoms with van der Waals surface area (Å²) in [6, 6.07) is 7.94. The minimum Gasteiger partial charge on any atom is -0.356 e. The lowest BCUT2D eigenvalue weighted by atomic mass is 10.1. The van der Waals surface area contributed by atoms with Crippen molar-refractivity contribution in [3.8, 4) is 0 Å². The monoisotopic (exact) mass is 195 g/mol. The van der Waals surface area contributed by atoms with E-state index in [1.807, 2.05) is 24.3 Å². The lowest BCUT2D eigenvalue weighted by Crippen LogP contribution is -2.22. The molecule has 0 saturated heterocycles. The van der Waals surface area contributed by atoms with Crippen LogP contribution in [0.2, 0.25) is 0 Å². The summed E-state index contributed by atoms with van der Waals surface area (Å²) in [5, 5.41) is 2.75. The van der Waals surface area contributed by atoms with E-state index in [2.05, 4.69) is 17.9 Å². The second kappa shape index (κ2) is 4.92. The highest BCUT2D eigenvalue weighted by molar-refractivity contribution is 7.80. The molecule has 0 fully saturated rings. The summed E-state index contributed by atoms with van der Waals surface area (Å²) >= 11 is 4.19. The number of carbonyl (C=O) groups is 1. The summed E-state index contributed by atoms with van der Waals surface area (Å²) in [5.74, 6) is 0.0193. The zero-order valence-electron chi connectivity index (χ0n) is 7.58. The Balaban J connectivity index is 2.37. The van der Waals surface area contributed by atoms with Gasteiger partial charge in [-0.3, -0.25) is 4.79 Å². The predicted octanol–water partition coefficient (Wildman–Crippen LogP) is 1.65. The van der Waals surface area contributed by atoms with Gasteiger partial charge in [0.1, 0.15) is 0 Å². The highest BCUT2D eigenvalue weighted by atomic mass is 32.1. The Bertz CT molecular complexity index is 281. The second-order valence-electron chi connectivity index (χ2n) is 2.90.